The number of nitrogens with two attached hydrogens (primary N) is 1. The fourth-order valence-corrected chi connectivity index (χ4v) is 3.26. The Morgan fingerprint density at radius 3 is 2.09 bits per heavy atom. The number of rotatable bonds is 11. The number of hydrogen-bond acceptors (Lipinski definition) is 6. The molecule has 8 nitrogen and oxygen atoms in total. The summed E-state index contributed by atoms with van der Waals surface area (Å²) in [5.74, 6) is -1.28. The van der Waals surface area contributed by atoms with Crippen molar-refractivity contribution >= 4 is 17.8 Å². The first-order chi connectivity index (χ1) is 15.2. The number of hydrogen-bond donors (Lipinski definition) is 4. The lowest BCUT2D eigenvalue weighted by molar-refractivity contribution is -0.159. The van der Waals surface area contributed by atoms with Gasteiger partial charge in [-0.1, -0.05) is 46.2 Å². The maximum absolute atomic E-state index is 13.2. The van der Waals surface area contributed by atoms with Crippen LogP contribution in [0.1, 0.15) is 66.9 Å². The molecular weight excluding hydrogens is 422 g/mol. The molecule has 4 atom stereocenters. The topological polar surface area (TPSA) is 131 Å². The quantitative estimate of drug-likeness (QED) is 0.373. The smallest absolute Gasteiger partial charge is 0.329 e. The summed E-state index contributed by atoms with van der Waals surface area (Å²) >= 11 is 0. The van der Waals surface area contributed by atoms with Gasteiger partial charge < -0.3 is 26.2 Å². The van der Waals surface area contributed by atoms with E-state index in [-0.39, 0.29) is 24.0 Å². The van der Waals surface area contributed by atoms with Crippen molar-refractivity contribution in [1.29, 1.82) is 0 Å². The zero-order valence-electron chi connectivity index (χ0n) is 21.0. The molecule has 0 fully saturated rings. The largest absolute Gasteiger partial charge is 0.508 e. The Labute approximate surface area is 197 Å². The first kappa shape index (κ1) is 28.4. The summed E-state index contributed by atoms with van der Waals surface area (Å²) in [4.78, 5) is 38.6. The molecule has 186 valence electrons. The van der Waals surface area contributed by atoms with Crippen LogP contribution < -0.4 is 16.4 Å². The predicted octanol–water partition coefficient (Wildman–Crippen LogP) is 2.67. The van der Waals surface area contributed by atoms with Crippen molar-refractivity contribution in [2.45, 2.75) is 91.5 Å². The van der Waals surface area contributed by atoms with E-state index < -0.39 is 41.5 Å². The molecular formula is C25H41N3O5. The van der Waals surface area contributed by atoms with Gasteiger partial charge in [-0.05, 0) is 63.1 Å². The SMILES string of the molecule is CC[C@H](C)[C@H](NC(=O)[C@@H](N)Cc1ccc(O)cc1)C(=O)N[C@@H](CC(C)C)C(=O)OC(C)(C)C. The molecule has 0 bridgehead atoms. The van der Waals surface area contributed by atoms with E-state index in [0.29, 0.717) is 12.8 Å². The number of amides is 2. The van der Waals surface area contributed by atoms with E-state index in [1.54, 1.807) is 32.9 Å². The monoisotopic (exact) mass is 463 g/mol. The standard InChI is InChI=1S/C25H41N3O5/c1-8-16(4)21(28-22(30)19(26)14-17-9-11-18(29)12-10-17)23(31)27-20(13-15(2)3)24(32)33-25(5,6)7/h9-12,15-16,19-21,29H,8,13-14,26H2,1-7H3,(H,27,31)(H,28,30)/t16-,19-,20-,21-/m0/s1. The Bertz CT molecular complexity index is 786. The number of phenols is 1. The maximum Gasteiger partial charge on any atom is 0.329 e. The summed E-state index contributed by atoms with van der Waals surface area (Å²) in [6.07, 6.45) is 1.32. The van der Waals surface area contributed by atoms with Crippen LogP contribution >= 0.6 is 0 Å². The van der Waals surface area contributed by atoms with Crippen molar-refractivity contribution in [1.82, 2.24) is 10.6 Å². The summed E-state index contributed by atoms with van der Waals surface area (Å²) in [6, 6.07) is 3.92. The minimum Gasteiger partial charge on any atom is -0.508 e. The van der Waals surface area contributed by atoms with Crippen molar-refractivity contribution in [3.05, 3.63) is 29.8 Å². The lowest BCUT2D eigenvalue weighted by Gasteiger charge is -2.29. The Morgan fingerprint density at radius 1 is 1.03 bits per heavy atom. The van der Waals surface area contributed by atoms with Gasteiger partial charge in [-0.3, -0.25) is 9.59 Å². The first-order valence-electron chi connectivity index (χ1n) is 11.6. The average molecular weight is 464 g/mol. The minimum atomic E-state index is -0.869. The minimum absolute atomic E-state index is 0.131. The third kappa shape index (κ3) is 10.2. The van der Waals surface area contributed by atoms with Gasteiger partial charge in [-0.25, -0.2) is 4.79 Å². The second-order valence-corrected chi connectivity index (χ2v) is 10.1. The van der Waals surface area contributed by atoms with Crippen molar-refractivity contribution in [3.63, 3.8) is 0 Å². The predicted molar refractivity (Wildman–Crippen MR) is 128 cm³/mol. The molecule has 2 amide bonds. The van der Waals surface area contributed by atoms with Crippen LogP contribution in [0, 0.1) is 11.8 Å². The Hall–Kier alpha value is -2.61. The molecule has 33 heavy (non-hydrogen) atoms. The molecule has 0 aromatic heterocycles. The van der Waals surface area contributed by atoms with Gasteiger partial charge >= 0.3 is 5.97 Å². The molecule has 0 saturated heterocycles. The van der Waals surface area contributed by atoms with E-state index in [2.05, 4.69) is 10.6 Å². The van der Waals surface area contributed by atoms with Crippen molar-refractivity contribution < 1.29 is 24.2 Å². The summed E-state index contributed by atoms with van der Waals surface area (Å²) in [6.45, 7) is 13.0. The van der Waals surface area contributed by atoms with Crippen LogP contribution in [-0.4, -0.2) is 46.6 Å². The van der Waals surface area contributed by atoms with E-state index >= 15 is 0 Å². The third-order valence-corrected chi connectivity index (χ3v) is 5.24. The molecule has 5 N–H and O–H groups in total. The molecule has 0 unspecified atom stereocenters. The number of esters is 1. The number of ether oxygens (including phenoxy) is 1. The molecule has 0 saturated carbocycles. The summed E-state index contributed by atoms with van der Waals surface area (Å²) in [5, 5.41) is 15.0. The highest BCUT2D eigenvalue weighted by Gasteiger charge is 2.33. The zero-order valence-corrected chi connectivity index (χ0v) is 21.0. The van der Waals surface area contributed by atoms with Crippen LogP contribution in [0.3, 0.4) is 0 Å². The number of benzene rings is 1. The van der Waals surface area contributed by atoms with Gasteiger partial charge in [0, 0.05) is 0 Å². The lowest BCUT2D eigenvalue weighted by Crippen LogP contribution is -2.57. The fraction of sp³-hybridized carbons (Fsp3) is 0.640. The average Bonchev–Trinajstić information content (AvgIpc) is 2.70. The second-order valence-electron chi connectivity index (χ2n) is 10.1. The van der Waals surface area contributed by atoms with Gasteiger partial charge in [-0.15, -0.1) is 0 Å². The molecule has 8 heteroatoms. The first-order valence-corrected chi connectivity index (χ1v) is 11.6. The van der Waals surface area contributed by atoms with Gasteiger partial charge in [0.2, 0.25) is 11.8 Å². The van der Waals surface area contributed by atoms with E-state index in [1.165, 1.54) is 12.1 Å². The van der Waals surface area contributed by atoms with Gasteiger partial charge in [0.05, 0.1) is 6.04 Å². The number of carbonyl (C=O) groups is 3. The maximum atomic E-state index is 13.2. The van der Waals surface area contributed by atoms with E-state index in [9.17, 15) is 19.5 Å². The normalized spacial score (nSPS) is 15.3. The van der Waals surface area contributed by atoms with Crippen LogP contribution in [0.5, 0.6) is 5.75 Å². The molecule has 0 spiro atoms. The number of carbonyl (C=O) groups excluding carboxylic acids is 3. The molecule has 0 heterocycles. The summed E-state index contributed by atoms with van der Waals surface area (Å²) in [5.41, 5.74) is 6.20. The number of nitrogens with one attached hydrogen (secondary N) is 2. The second kappa shape index (κ2) is 12.6. The van der Waals surface area contributed by atoms with Crippen LogP contribution in [0.4, 0.5) is 0 Å². The molecule has 1 aromatic carbocycles. The van der Waals surface area contributed by atoms with Gasteiger partial charge in [0.25, 0.3) is 0 Å². The highest BCUT2D eigenvalue weighted by molar-refractivity contribution is 5.92. The van der Waals surface area contributed by atoms with Gasteiger partial charge in [-0.2, -0.15) is 0 Å². The Kier molecular flexibility index (Phi) is 10.8. The van der Waals surface area contributed by atoms with Crippen LogP contribution in [-0.2, 0) is 25.5 Å². The molecule has 0 aliphatic carbocycles. The highest BCUT2D eigenvalue weighted by atomic mass is 16.6. The fourth-order valence-electron chi connectivity index (χ4n) is 3.26. The van der Waals surface area contributed by atoms with Crippen molar-refractivity contribution in [2.75, 3.05) is 0 Å². The number of phenolic OH excluding ortho intramolecular Hbond substituents is 1. The number of aromatic hydroxyl groups is 1. The summed E-state index contributed by atoms with van der Waals surface area (Å²) in [7, 11) is 0. The van der Waals surface area contributed by atoms with E-state index in [4.69, 9.17) is 10.5 Å². The van der Waals surface area contributed by atoms with E-state index in [0.717, 1.165) is 5.56 Å². The lowest BCUT2D eigenvalue weighted by atomic mass is 9.96. The van der Waals surface area contributed by atoms with Crippen LogP contribution in [0.2, 0.25) is 0 Å². The van der Waals surface area contributed by atoms with Gasteiger partial charge in [0.1, 0.15) is 23.4 Å². The van der Waals surface area contributed by atoms with E-state index in [1.807, 2.05) is 27.7 Å². The highest BCUT2D eigenvalue weighted by Crippen LogP contribution is 2.15. The van der Waals surface area contributed by atoms with Crippen molar-refractivity contribution in [3.8, 4) is 5.75 Å². The van der Waals surface area contributed by atoms with Crippen LogP contribution in [0.15, 0.2) is 24.3 Å². The summed E-state index contributed by atoms with van der Waals surface area (Å²) < 4.78 is 5.48. The van der Waals surface area contributed by atoms with Crippen molar-refractivity contribution in [2.24, 2.45) is 17.6 Å². The molecule has 1 aromatic rings. The Balaban J connectivity index is 2.93. The molecule has 0 aliphatic heterocycles. The molecule has 0 radical (unpaired) electrons. The zero-order chi connectivity index (χ0) is 25.3. The van der Waals surface area contributed by atoms with Crippen LogP contribution in [0.25, 0.3) is 0 Å². The molecule has 0 aliphatic rings. The van der Waals surface area contributed by atoms with Gasteiger partial charge in [0.15, 0.2) is 0 Å². The third-order valence-electron chi connectivity index (χ3n) is 5.24. The molecule has 1 rings (SSSR count). The Morgan fingerprint density at radius 2 is 1.61 bits per heavy atom.